The fourth-order valence-corrected chi connectivity index (χ4v) is 1.98. The third-order valence-electron chi connectivity index (χ3n) is 2.84. The van der Waals surface area contributed by atoms with Crippen LogP contribution in [0, 0.1) is 0 Å². The van der Waals surface area contributed by atoms with Gasteiger partial charge in [-0.3, -0.25) is 0 Å². The zero-order valence-electron chi connectivity index (χ0n) is 9.17. The number of aliphatic hydroxyl groups excluding tert-OH is 1. The SMILES string of the molecule is OC(c1ccccc1)c1cccc2c1OCO2. The quantitative estimate of drug-likeness (QED) is 0.858. The molecule has 1 N–H and O–H groups in total. The lowest BCUT2D eigenvalue weighted by Gasteiger charge is -2.13. The highest BCUT2D eigenvalue weighted by Gasteiger charge is 2.22. The Balaban J connectivity index is 2.03. The molecular formula is C14H12O3. The number of benzene rings is 2. The molecule has 0 fully saturated rings. The molecule has 0 spiro atoms. The van der Waals surface area contributed by atoms with Crippen molar-refractivity contribution in [2.45, 2.75) is 6.10 Å². The van der Waals surface area contributed by atoms with Crippen molar-refractivity contribution in [3.63, 3.8) is 0 Å². The maximum atomic E-state index is 10.3. The fourth-order valence-electron chi connectivity index (χ4n) is 1.98. The van der Waals surface area contributed by atoms with Gasteiger partial charge < -0.3 is 14.6 Å². The van der Waals surface area contributed by atoms with Crippen molar-refractivity contribution in [2.75, 3.05) is 6.79 Å². The van der Waals surface area contributed by atoms with Crippen molar-refractivity contribution >= 4 is 0 Å². The van der Waals surface area contributed by atoms with E-state index in [1.165, 1.54) is 0 Å². The number of aliphatic hydroxyl groups is 1. The minimum Gasteiger partial charge on any atom is -0.454 e. The van der Waals surface area contributed by atoms with E-state index in [2.05, 4.69) is 0 Å². The molecule has 1 aliphatic rings. The summed E-state index contributed by atoms with van der Waals surface area (Å²) in [5.74, 6) is 1.33. The van der Waals surface area contributed by atoms with Crippen LogP contribution < -0.4 is 9.47 Å². The van der Waals surface area contributed by atoms with Crippen LogP contribution in [0.15, 0.2) is 48.5 Å². The summed E-state index contributed by atoms with van der Waals surface area (Å²) in [5, 5.41) is 10.3. The Morgan fingerprint density at radius 1 is 0.941 bits per heavy atom. The monoisotopic (exact) mass is 228 g/mol. The van der Waals surface area contributed by atoms with Gasteiger partial charge in [0, 0.05) is 5.56 Å². The molecule has 17 heavy (non-hydrogen) atoms. The summed E-state index contributed by atoms with van der Waals surface area (Å²) in [4.78, 5) is 0. The first-order valence-electron chi connectivity index (χ1n) is 5.48. The first-order valence-corrected chi connectivity index (χ1v) is 5.48. The third-order valence-corrected chi connectivity index (χ3v) is 2.84. The molecular weight excluding hydrogens is 216 g/mol. The van der Waals surface area contributed by atoms with E-state index in [-0.39, 0.29) is 6.79 Å². The molecule has 0 saturated heterocycles. The summed E-state index contributed by atoms with van der Waals surface area (Å²) >= 11 is 0. The van der Waals surface area contributed by atoms with Gasteiger partial charge in [0.25, 0.3) is 0 Å². The van der Waals surface area contributed by atoms with Crippen LogP contribution in [0.4, 0.5) is 0 Å². The van der Waals surface area contributed by atoms with E-state index < -0.39 is 6.10 Å². The normalized spacial score (nSPS) is 14.6. The molecule has 0 aromatic heterocycles. The van der Waals surface area contributed by atoms with E-state index in [0.717, 1.165) is 11.1 Å². The van der Waals surface area contributed by atoms with Crippen molar-refractivity contribution in [1.29, 1.82) is 0 Å². The van der Waals surface area contributed by atoms with Crippen LogP contribution in [0.2, 0.25) is 0 Å². The molecule has 0 bridgehead atoms. The first kappa shape index (κ1) is 10.2. The van der Waals surface area contributed by atoms with Crippen LogP contribution >= 0.6 is 0 Å². The van der Waals surface area contributed by atoms with Gasteiger partial charge in [0.1, 0.15) is 6.10 Å². The van der Waals surface area contributed by atoms with Crippen molar-refractivity contribution in [1.82, 2.24) is 0 Å². The van der Waals surface area contributed by atoms with Gasteiger partial charge in [-0.25, -0.2) is 0 Å². The van der Waals surface area contributed by atoms with Gasteiger partial charge in [0.15, 0.2) is 11.5 Å². The van der Waals surface area contributed by atoms with Gasteiger partial charge in [-0.2, -0.15) is 0 Å². The van der Waals surface area contributed by atoms with Crippen LogP contribution in [-0.2, 0) is 0 Å². The van der Waals surface area contributed by atoms with E-state index in [0.29, 0.717) is 11.5 Å². The Kier molecular flexibility index (Phi) is 2.46. The molecule has 86 valence electrons. The molecule has 1 atom stereocenters. The Labute approximate surface area is 99.2 Å². The van der Waals surface area contributed by atoms with Crippen molar-refractivity contribution in [3.05, 3.63) is 59.7 Å². The number of hydrogen-bond acceptors (Lipinski definition) is 3. The molecule has 3 nitrogen and oxygen atoms in total. The molecule has 2 aromatic carbocycles. The summed E-state index contributed by atoms with van der Waals surface area (Å²) in [5.41, 5.74) is 1.59. The minimum absolute atomic E-state index is 0.216. The Bertz CT molecular complexity index is 522. The van der Waals surface area contributed by atoms with Crippen LogP contribution in [0.5, 0.6) is 11.5 Å². The van der Waals surface area contributed by atoms with Crippen molar-refractivity contribution in [2.24, 2.45) is 0 Å². The molecule has 3 rings (SSSR count). The lowest BCUT2D eigenvalue weighted by Crippen LogP contribution is -2.01. The second-order valence-electron chi connectivity index (χ2n) is 3.89. The average Bonchev–Trinajstić information content (AvgIpc) is 2.87. The maximum absolute atomic E-state index is 10.3. The smallest absolute Gasteiger partial charge is 0.231 e. The molecule has 0 saturated carbocycles. The number of rotatable bonds is 2. The van der Waals surface area contributed by atoms with Gasteiger partial charge in [-0.05, 0) is 11.6 Å². The number of hydrogen-bond donors (Lipinski definition) is 1. The number of ether oxygens (including phenoxy) is 2. The number of para-hydroxylation sites is 1. The highest BCUT2D eigenvalue weighted by atomic mass is 16.7. The molecule has 0 aliphatic carbocycles. The summed E-state index contributed by atoms with van der Waals surface area (Å²) < 4.78 is 10.7. The minimum atomic E-state index is -0.687. The van der Waals surface area contributed by atoms with E-state index in [4.69, 9.17) is 9.47 Å². The van der Waals surface area contributed by atoms with Crippen molar-refractivity contribution < 1.29 is 14.6 Å². The van der Waals surface area contributed by atoms with E-state index in [9.17, 15) is 5.11 Å². The highest BCUT2D eigenvalue weighted by molar-refractivity contribution is 5.51. The fraction of sp³-hybridized carbons (Fsp3) is 0.143. The lowest BCUT2D eigenvalue weighted by molar-refractivity contribution is 0.167. The van der Waals surface area contributed by atoms with Crippen LogP contribution in [-0.4, -0.2) is 11.9 Å². The summed E-state index contributed by atoms with van der Waals surface area (Å²) in [6, 6.07) is 15.0. The van der Waals surface area contributed by atoms with Gasteiger partial charge in [-0.1, -0.05) is 42.5 Å². The van der Waals surface area contributed by atoms with E-state index in [1.54, 1.807) is 0 Å². The molecule has 0 radical (unpaired) electrons. The number of fused-ring (bicyclic) bond motifs is 1. The van der Waals surface area contributed by atoms with Crippen molar-refractivity contribution in [3.8, 4) is 11.5 Å². The van der Waals surface area contributed by atoms with Gasteiger partial charge in [0.05, 0.1) is 0 Å². The van der Waals surface area contributed by atoms with E-state index >= 15 is 0 Å². The van der Waals surface area contributed by atoms with Gasteiger partial charge in [0.2, 0.25) is 6.79 Å². The summed E-state index contributed by atoms with van der Waals surface area (Å²) in [6.07, 6.45) is -0.687. The molecule has 1 aliphatic heterocycles. The predicted octanol–water partition coefficient (Wildman–Crippen LogP) is 2.50. The van der Waals surface area contributed by atoms with Gasteiger partial charge >= 0.3 is 0 Å². The second kappa shape index (κ2) is 4.11. The van der Waals surface area contributed by atoms with Crippen LogP contribution in [0.1, 0.15) is 17.2 Å². The lowest BCUT2D eigenvalue weighted by atomic mass is 10.0. The summed E-state index contributed by atoms with van der Waals surface area (Å²) in [7, 11) is 0. The molecule has 0 amide bonds. The largest absolute Gasteiger partial charge is 0.454 e. The summed E-state index contributed by atoms with van der Waals surface area (Å²) in [6.45, 7) is 0.216. The predicted molar refractivity (Wildman–Crippen MR) is 63.1 cm³/mol. The molecule has 1 heterocycles. The molecule has 1 unspecified atom stereocenters. The molecule has 3 heteroatoms. The van der Waals surface area contributed by atoms with Gasteiger partial charge in [-0.15, -0.1) is 0 Å². The molecule has 2 aromatic rings. The maximum Gasteiger partial charge on any atom is 0.231 e. The third kappa shape index (κ3) is 1.74. The zero-order chi connectivity index (χ0) is 11.7. The van der Waals surface area contributed by atoms with Crippen LogP contribution in [0.3, 0.4) is 0 Å². The zero-order valence-corrected chi connectivity index (χ0v) is 9.17. The first-order chi connectivity index (χ1) is 8.36. The highest BCUT2D eigenvalue weighted by Crippen LogP contribution is 2.40. The van der Waals surface area contributed by atoms with E-state index in [1.807, 2.05) is 48.5 Å². The average molecular weight is 228 g/mol. The standard InChI is InChI=1S/C14H12O3/c15-13(10-5-2-1-3-6-10)11-7-4-8-12-14(11)17-9-16-12/h1-8,13,15H,9H2. The topological polar surface area (TPSA) is 38.7 Å². The Morgan fingerprint density at radius 2 is 1.76 bits per heavy atom. The van der Waals surface area contributed by atoms with Crippen LogP contribution in [0.25, 0.3) is 0 Å². The Morgan fingerprint density at radius 3 is 2.59 bits per heavy atom. The Hall–Kier alpha value is -2.00. The second-order valence-corrected chi connectivity index (χ2v) is 3.89.